The van der Waals surface area contributed by atoms with E-state index in [1.165, 1.54) is 30.5 Å². The molecule has 0 amide bonds. The first-order valence-corrected chi connectivity index (χ1v) is 6.99. The van der Waals surface area contributed by atoms with Gasteiger partial charge >= 0.3 is 0 Å². The first kappa shape index (κ1) is 14.8. The van der Waals surface area contributed by atoms with Crippen LogP contribution in [0, 0.1) is 0 Å². The lowest BCUT2D eigenvalue weighted by Gasteiger charge is -2.19. The van der Waals surface area contributed by atoms with Crippen LogP contribution in [0.15, 0.2) is 36.9 Å². The number of anilines is 1. The highest BCUT2D eigenvalue weighted by Gasteiger charge is 2.12. The third-order valence-corrected chi connectivity index (χ3v) is 3.17. The van der Waals surface area contributed by atoms with E-state index in [0.29, 0.717) is 0 Å². The van der Waals surface area contributed by atoms with E-state index in [-0.39, 0.29) is 5.41 Å². The zero-order valence-electron chi connectivity index (χ0n) is 12.1. The molecule has 1 aromatic carbocycles. The fraction of sp³-hybridized carbons (Fsp3) is 0.529. The summed E-state index contributed by atoms with van der Waals surface area (Å²) >= 11 is 0. The van der Waals surface area contributed by atoms with Crippen LogP contribution in [-0.2, 0) is 5.41 Å². The molecule has 0 saturated heterocycles. The van der Waals surface area contributed by atoms with E-state index >= 15 is 0 Å². The normalized spacial score (nSPS) is 11.3. The SMILES string of the molecule is C=CCCCCCNc1ccc(C(C)(C)C)cc1. The number of hydrogen-bond acceptors (Lipinski definition) is 1. The van der Waals surface area contributed by atoms with E-state index in [1.54, 1.807) is 0 Å². The Morgan fingerprint density at radius 3 is 2.28 bits per heavy atom. The van der Waals surface area contributed by atoms with Gasteiger partial charge in [-0.05, 0) is 42.4 Å². The predicted molar refractivity (Wildman–Crippen MR) is 82.3 cm³/mol. The van der Waals surface area contributed by atoms with Gasteiger partial charge in [-0.2, -0.15) is 0 Å². The minimum absolute atomic E-state index is 0.239. The summed E-state index contributed by atoms with van der Waals surface area (Å²) in [5.74, 6) is 0. The van der Waals surface area contributed by atoms with Gasteiger partial charge < -0.3 is 5.32 Å². The Morgan fingerprint density at radius 1 is 1.06 bits per heavy atom. The van der Waals surface area contributed by atoms with E-state index in [9.17, 15) is 0 Å². The van der Waals surface area contributed by atoms with E-state index in [0.717, 1.165) is 13.0 Å². The molecule has 0 spiro atoms. The van der Waals surface area contributed by atoms with Crippen molar-refractivity contribution in [3.8, 4) is 0 Å². The van der Waals surface area contributed by atoms with E-state index in [2.05, 4.69) is 56.9 Å². The average Bonchev–Trinajstić information content (AvgIpc) is 2.33. The quantitative estimate of drug-likeness (QED) is 0.518. The molecule has 0 unspecified atom stereocenters. The minimum Gasteiger partial charge on any atom is -0.385 e. The van der Waals surface area contributed by atoms with Crippen molar-refractivity contribution in [3.63, 3.8) is 0 Å². The molecule has 0 aliphatic heterocycles. The molecule has 0 saturated carbocycles. The summed E-state index contributed by atoms with van der Waals surface area (Å²) in [6.07, 6.45) is 6.90. The molecule has 1 N–H and O–H groups in total. The van der Waals surface area contributed by atoms with Gasteiger partial charge in [0.05, 0.1) is 0 Å². The summed E-state index contributed by atoms with van der Waals surface area (Å²) in [5.41, 5.74) is 2.86. The topological polar surface area (TPSA) is 12.0 Å². The summed E-state index contributed by atoms with van der Waals surface area (Å²) in [5, 5.41) is 3.47. The van der Waals surface area contributed by atoms with Crippen LogP contribution in [0.2, 0.25) is 0 Å². The second kappa shape index (κ2) is 7.25. The first-order valence-electron chi connectivity index (χ1n) is 6.99. The summed E-state index contributed by atoms with van der Waals surface area (Å²) in [6.45, 7) is 11.5. The highest BCUT2D eigenvalue weighted by molar-refractivity contribution is 5.45. The molecule has 18 heavy (non-hydrogen) atoms. The van der Waals surface area contributed by atoms with Crippen molar-refractivity contribution >= 4 is 5.69 Å². The van der Waals surface area contributed by atoms with Crippen LogP contribution in [0.4, 0.5) is 5.69 Å². The fourth-order valence-electron chi connectivity index (χ4n) is 1.91. The zero-order chi connectivity index (χ0) is 13.4. The van der Waals surface area contributed by atoms with Crippen LogP contribution in [0.1, 0.15) is 52.0 Å². The summed E-state index contributed by atoms with van der Waals surface area (Å²) < 4.78 is 0. The molecule has 0 fully saturated rings. The Morgan fingerprint density at radius 2 is 1.72 bits per heavy atom. The maximum absolute atomic E-state index is 3.74. The van der Waals surface area contributed by atoms with Crippen LogP contribution >= 0.6 is 0 Å². The molecule has 100 valence electrons. The second-order valence-corrected chi connectivity index (χ2v) is 5.89. The van der Waals surface area contributed by atoms with Crippen LogP contribution in [0.3, 0.4) is 0 Å². The number of unbranched alkanes of at least 4 members (excludes halogenated alkanes) is 3. The largest absolute Gasteiger partial charge is 0.385 e. The molecule has 1 heteroatoms. The number of rotatable bonds is 7. The minimum atomic E-state index is 0.239. The maximum Gasteiger partial charge on any atom is 0.0340 e. The number of nitrogens with one attached hydrogen (secondary N) is 1. The molecule has 1 nitrogen and oxygen atoms in total. The molecule has 0 aromatic heterocycles. The number of benzene rings is 1. The van der Waals surface area contributed by atoms with E-state index in [1.807, 2.05) is 6.08 Å². The fourth-order valence-corrected chi connectivity index (χ4v) is 1.91. The van der Waals surface area contributed by atoms with E-state index < -0.39 is 0 Å². The predicted octanol–water partition coefficient (Wildman–Crippen LogP) is 5.14. The third-order valence-electron chi connectivity index (χ3n) is 3.17. The lowest BCUT2D eigenvalue weighted by atomic mass is 9.87. The Kier molecular flexibility index (Phi) is 5.97. The van der Waals surface area contributed by atoms with Gasteiger partial charge in [0.2, 0.25) is 0 Å². The molecular formula is C17H27N. The molecule has 0 atom stereocenters. The third kappa shape index (κ3) is 5.39. The monoisotopic (exact) mass is 245 g/mol. The van der Waals surface area contributed by atoms with Gasteiger partial charge in [-0.25, -0.2) is 0 Å². The lowest BCUT2D eigenvalue weighted by molar-refractivity contribution is 0.590. The van der Waals surface area contributed by atoms with Crippen LogP contribution in [0.5, 0.6) is 0 Å². The summed E-state index contributed by atoms with van der Waals surface area (Å²) in [6, 6.07) is 8.81. The van der Waals surface area contributed by atoms with E-state index in [4.69, 9.17) is 0 Å². The van der Waals surface area contributed by atoms with Gasteiger partial charge in [-0.3, -0.25) is 0 Å². The molecule has 0 bridgehead atoms. The highest BCUT2D eigenvalue weighted by Crippen LogP contribution is 2.23. The highest BCUT2D eigenvalue weighted by atomic mass is 14.9. The summed E-state index contributed by atoms with van der Waals surface area (Å²) in [7, 11) is 0. The number of allylic oxidation sites excluding steroid dienone is 1. The molecule has 1 rings (SSSR count). The average molecular weight is 245 g/mol. The molecule has 0 radical (unpaired) electrons. The van der Waals surface area contributed by atoms with Gasteiger partial charge in [0, 0.05) is 12.2 Å². The van der Waals surface area contributed by atoms with Crippen molar-refractivity contribution in [3.05, 3.63) is 42.5 Å². The molecule has 0 aliphatic carbocycles. The van der Waals surface area contributed by atoms with Crippen molar-refractivity contribution in [1.29, 1.82) is 0 Å². The maximum atomic E-state index is 3.74. The van der Waals surface area contributed by atoms with Gasteiger partial charge in [0.15, 0.2) is 0 Å². The van der Waals surface area contributed by atoms with Gasteiger partial charge in [-0.15, -0.1) is 6.58 Å². The molecule has 0 heterocycles. The Bertz CT molecular complexity index is 343. The molecular weight excluding hydrogens is 218 g/mol. The zero-order valence-corrected chi connectivity index (χ0v) is 12.1. The van der Waals surface area contributed by atoms with Gasteiger partial charge in [0.1, 0.15) is 0 Å². The van der Waals surface area contributed by atoms with Gasteiger partial charge in [-0.1, -0.05) is 45.4 Å². The molecule has 1 aromatic rings. The summed E-state index contributed by atoms with van der Waals surface area (Å²) in [4.78, 5) is 0. The first-order chi connectivity index (χ1) is 8.54. The van der Waals surface area contributed by atoms with Gasteiger partial charge in [0.25, 0.3) is 0 Å². The Labute approximate surface area is 112 Å². The van der Waals surface area contributed by atoms with Crippen molar-refractivity contribution < 1.29 is 0 Å². The van der Waals surface area contributed by atoms with Crippen LogP contribution < -0.4 is 5.32 Å². The Hall–Kier alpha value is -1.24. The van der Waals surface area contributed by atoms with Crippen molar-refractivity contribution in [1.82, 2.24) is 0 Å². The lowest BCUT2D eigenvalue weighted by Crippen LogP contribution is -2.11. The second-order valence-electron chi connectivity index (χ2n) is 5.89. The van der Waals surface area contributed by atoms with Crippen LogP contribution in [-0.4, -0.2) is 6.54 Å². The van der Waals surface area contributed by atoms with Crippen molar-refractivity contribution in [2.75, 3.05) is 11.9 Å². The van der Waals surface area contributed by atoms with Crippen LogP contribution in [0.25, 0.3) is 0 Å². The number of hydrogen-bond donors (Lipinski definition) is 1. The van der Waals surface area contributed by atoms with Crippen molar-refractivity contribution in [2.45, 2.75) is 51.9 Å². The standard InChI is InChI=1S/C17H27N/c1-5-6-7-8-9-14-18-16-12-10-15(11-13-16)17(2,3)4/h5,10-13,18H,1,6-9,14H2,2-4H3. The Balaban J connectivity index is 2.29. The molecule has 0 aliphatic rings. The van der Waals surface area contributed by atoms with Crippen molar-refractivity contribution in [2.24, 2.45) is 0 Å². The smallest absolute Gasteiger partial charge is 0.0340 e.